The molecule has 8 rings (SSSR count). The van der Waals surface area contributed by atoms with E-state index in [9.17, 15) is 0 Å². The molecular formula is C47H36N2. The maximum atomic E-state index is 2.35. The van der Waals surface area contributed by atoms with Crippen molar-refractivity contribution in [3.05, 3.63) is 200 Å². The molecule has 0 heterocycles. The van der Waals surface area contributed by atoms with Crippen LogP contribution in [0.4, 0.5) is 28.4 Å². The van der Waals surface area contributed by atoms with Gasteiger partial charge in [0.25, 0.3) is 0 Å². The van der Waals surface area contributed by atoms with E-state index in [1.807, 2.05) is 0 Å². The van der Waals surface area contributed by atoms with Crippen LogP contribution < -0.4 is 9.80 Å². The zero-order chi connectivity index (χ0) is 33.0. The highest BCUT2D eigenvalue weighted by atomic mass is 15.1. The topological polar surface area (TPSA) is 6.48 Å². The summed E-state index contributed by atoms with van der Waals surface area (Å²) in [4.78, 5) is 4.62. The molecule has 234 valence electrons. The van der Waals surface area contributed by atoms with Crippen LogP contribution in [0, 0.1) is 0 Å². The summed E-state index contributed by atoms with van der Waals surface area (Å²) < 4.78 is 0. The van der Waals surface area contributed by atoms with E-state index in [0.29, 0.717) is 0 Å². The van der Waals surface area contributed by atoms with E-state index in [0.717, 1.165) is 22.7 Å². The van der Waals surface area contributed by atoms with Gasteiger partial charge >= 0.3 is 0 Å². The Morgan fingerprint density at radius 2 is 0.735 bits per heavy atom. The molecular weight excluding hydrogens is 593 g/mol. The van der Waals surface area contributed by atoms with Crippen molar-refractivity contribution in [2.24, 2.45) is 0 Å². The van der Waals surface area contributed by atoms with Crippen LogP contribution in [0.1, 0.15) is 0 Å². The Hall–Kier alpha value is -6.38. The third-order valence-electron chi connectivity index (χ3n) is 9.26. The smallest absolute Gasteiger partial charge is 0.0487 e. The van der Waals surface area contributed by atoms with Crippen molar-refractivity contribution in [2.45, 2.75) is 0 Å². The SMILES string of the molecule is CN(c1ccc(-c2ccc(N(c3cccc(-c4ccccc4)c3)c3cccc(-c4ccccc4)c3)cc2)cc1)c1cccc2ccccc12. The number of benzene rings is 8. The Morgan fingerprint density at radius 3 is 1.31 bits per heavy atom. The van der Waals surface area contributed by atoms with Crippen molar-refractivity contribution in [3.8, 4) is 33.4 Å². The molecule has 0 amide bonds. The van der Waals surface area contributed by atoms with Crippen LogP contribution in [-0.4, -0.2) is 7.05 Å². The summed E-state index contributed by atoms with van der Waals surface area (Å²) in [5, 5.41) is 2.50. The first-order valence-electron chi connectivity index (χ1n) is 16.7. The molecule has 8 aromatic rings. The van der Waals surface area contributed by atoms with Crippen LogP contribution in [-0.2, 0) is 0 Å². The zero-order valence-corrected chi connectivity index (χ0v) is 27.4. The lowest BCUT2D eigenvalue weighted by Crippen LogP contribution is -2.10. The standard InChI is InChI=1S/C47H36N2/c1-48(47-24-12-18-39-17-8-9-23-46(39)47)42-29-25-37(26-30-42)38-27-31-43(32-28-38)49(44-21-10-19-40(33-44)35-13-4-2-5-14-35)45-22-11-20-41(34-45)36-15-6-3-7-16-36/h2-34H,1H3. The van der Waals surface area contributed by atoms with Crippen LogP contribution in [0.15, 0.2) is 200 Å². The Labute approximate surface area is 288 Å². The molecule has 0 unspecified atom stereocenters. The molecule has 0 aliphatic rings. The number of anilines is 5. The minimum atomic E-state index is 1.10. The van der Waals surface area contributed by atoms with Gasteiger partial charge in [-0.05, 0) is 93.4 Å². The molecule has 0 bridgehead atoms. The quantitative estimate of drug-likeness (QED) is 0.165. The summed E-state index contributed by atoms with van der Waals surface area (Å²) in [6.45, 7) is 0. The van der Waals surface area contributed by atoms with Gasteiger partial charge in [0.2, 0.25) is 0 Å². The molecule has 0 aliphatic carbocycles. The van der Waals surface area contributed by atoms with Crippen LogP contribution in [0.5, 0.6) is 0 Å². The van der Waals surface area contributed by atoms with E-state index in [1.54, 1.807) is 0 Å². The van der Waals surface area contributed by atoms with Gasteiger partial charge in [-0.15, -0.1) is 0 Å². The second kappa shape index (κ2) is 13.4. The minimum absolute atomic E-state index is 1.10. The molecule has 0 fully saturated rings. The van der Waals surface area contributed by atoms with Gasteiger partial charge in [-0.3, -0.25) is 0 Å². The highest BCUT2D eigenvalue weighted by Gasteiger charge is 2.15. The van der Waals surface area contributed by atoms with Gasteiger partial charge in [0, 0.05) is 40.9 Å². The van der Waals surface area contributed by atoms with Crippen molar-refractivity contribution < 1.29 is 0 Å². The molecule has 0 aromatic heterocycles. The van der Waals surface area contributed by atoms with E-state index < -0.39 is 0 Å². The molecule has 2 heteroatoms. The van der Waals surface area contributed by atoms with Crippen LogP contribution in [0.3, 0.4) is 0 Å². The second-order valence-corrected chi connectivity index (χ2v) is 12.3. The normalized spacial score (nSPS) is 11.0. The molecule has 0 spiro atoms. The number of nitrogens with zero attached hydrogens (tertiary/aromatic N) is 2. The Morgan fingerprint density at radius 1 is 0.306 bits per heavy atom. The lowest BCUT2D eigenvalue weighted by Gasteiger charge is -2.27. The van der Waals surface area contributed by atoms with E-state index in [2.05, 4.69) is 217 Å². The van der Waals surface area contributed by atoms with Crippen LogP contribution >= 0.6 is 0 Å². The Bertz CT molecular complexity index is 2240. The third-order valence-corrected chi connectivity index (χ3v) is 9.26. The van der Waals surface area contributed by atoms with Gasteiger partial charge in [0.15, 0.2) is 0 Å². The molecule has 0 saturated heterocycles. The molecule has 0 aliphatic heterocycles. The average Bonchev–Trinajstić information content (AvgIpc) is 3.19. The predicted octanol–water partition coefficient (Wildman–Crippen LogP) is 13.1. The summed E-state index contributed by atoms with van der Waals surface area (Å²) in [6.07, 6.45) is 0. The molecule has 0 saturated carbocycles. The fourth-order valence-electron chi connectivity index (χ4n) is 6.68. The van der Waals surface area contributed by atoms with Crippen molar-refractivity contribution in [2.75, 3.05) is 16.8 Å². The molecule has 2 nitrogen and oxygen atoms in total. The first-order chi connectivity index (χ1) is 24.2. The van der Waals surface area contributed by atoms with Crippen molar-refractivity contribution in [3.63, 3.8) is 0 Å². The van der Waals surface area contributed by atoms with E-state index in [1.165, 1.54) is 49.8 Å². The lowest BCUT2D eigenvalue weighted by molar-refractivity contribution is 1.22. The van der Waals surface area contributed by atoms with E-state index in [4.69, 9.17) is 0 Å². The van der Waals surface area contributed by atoms with Crippen molar-refractivity contribution in [1.29, 1.82) is 0 Å². The van der Waals surface area contributed by atoms with Gasteiger partial charge < -0.3 is 9.80 Å². The molecule has 0 atom stereocenters. The van der Waals surface area contributed by atoms with Gasteiger partial charge in [0.1, 0.15) is 0 Å². The van der Waals surface area contributed by atoms with Crippen molar-refractivity contribution in [1.82, 2.24) is 0 Å². The van der Waals surface area contributed by atoms with E-state index in [-0.39, 0.29) is 0 Å². The largest absolute Gasteiger partial charge is 0.344 e. The predicted molar refractivity (Wildman–Crippen MR) is 209 cm³/mol. The monoisotopic (exact) mass is 628 g/mol. The fourth-order valence-corrected chi connectivity index (χ4v) is 6.68. The van der Waals surface area contributed by atoms with Crippen LogP contribution in [0.2, 0.25) is 0 Å². The van der Waals surface area contributed by atoms with E-state index >= 15 is 0 Å². The molecule has 8 aromatic carbocycles. The highest BCUT2D eigenvalue weighted by molar-refractivity contribution is 5.96. The summed E-state index contributed by atoms with van der Waals surface area (Å²) in [5.74, 6) is 0. The number of rotatable bonds is 8. The number of hydrogen-bond acceptors (Lipinski definition) is 2. The number of fused-ring (bicyclic) bond motifs is 1. The van der Waals surface area contributed by atoms with Gasteiger partial charge in [-0.1, -0.05) is 146 Å². The molecule has 49 heavy (non-hydrogen) atoms. The molecule has 0 radical (unpaired) electrons. The number of hydrogen-bond donors (Lipinski definition) is 0. The first kappa shape index (κ1) is 30.0. The Balaban J connectivity index is 1.13. The van der Waals surface area contributed by atoms with Crippen LogP contribution in [0.25, 0.3) is 44.2 Å². The maximum Gasteiger partial charge on any atom is 0.0487 e. The molecule has 0 N–H and O–H groups in total. The maximum absolute atomic E-state index is 2.35. The average molecular weight is 629 g/mol. The lowest BCUT2D eigenvalue weighted by atomic mass is 10.0. The summed E-state index contributed by atoms with van der Waals surface area (Å²) in [6, 6.07) is 71.6. The zero-order valence-electron chi connectivity index (χ0n) is 27.4. The first-order valence-corrected chi connectivity index (χ1v) is 16.7. The van der Waals surface area contributed by atoms with Gasteiger partial charge in [-0.25, -0.2) is 0 Å². The summed E-state index contributed by atoms with van der Waals surface area (Å²) in [7, 11) is 2.14. The third kappa shape index (κ3) is 6.20. The summed E-state index contributed by atoms with van der Waals surface area (Å²) in [5.41, 5.74) is 12.8. The van der Waals surface area contributed by atoms with Gasteiger partial charge in [0.05, 0.1) is 0 Å². The highest BCUT2D eigenvalue weighted by Crippen LogP contribution is 2.39. The van der Waals surface area contributed by atoms with Crippen molar-refractivity contribution >= 4 is 39.2 Å². The van der Waals surface area contributed by atoms with Gasteiger partial charge in [-0.2, -0.15) is 0 Å². The minimum Gasteiger partial charge on any atom is -0.344 e. The fraction of sp³-hybridized carbons (Fsp3) is 0.0213. The second-order valence-electron chi connectivity index (χ2n) is 12.3. The summed E-state index contributed by atoms with van der Waals surface area (Å²) >= 11 is 0. The Kier molecular flexibility index (Phi) is 8.19.